The Kier molecular flexibility index (Phi) is 6.08. The molecule has 1 aromatic carbocycles. The third kappa shape index (κ3) is 4.97. The second-order valence-electron chi connectivity index (χ2n) is 3.39. The van der Waals surface area contributed by atoms with Gasteiger partial charge in [0, 0.05) is 0 Å². The van der Waals surface area contributed by atoms with Crippen LogP contribution in [0.1, 0.15) is 26.2 Å². The van der Waals surface area contributed by atoms with Crippen LogP contribution in [-0.4, -0.2) is 18.7 Å². The van der Waals surface area contributed by atoms with Crippen LogP contribution in [0, 0.1) is 0 Å². The van der Waals surface area contributed by atoms with E-state index in [0.717, 1.165) is 19.3 Å². The molecule has 0 aliphatic carbocycles. The summed E-state index contributed by atoms with van der Waals surface area (Å²) in [4.78, 5) is 9.73. The lowest BCUT2D eigenvalue weighted by Crippen LogP contribution is -2.33. The van der Waals surface area contributed by atoms with Crippen LogP contribution in [0.15, 0.2) is 30.3 Å². The monoisotopic (exact) mass is 208 g/mol. The number of benzene rings is 1. The summed E-state index contributed by atoms with van der Waals surface area (Å²) in [6.07, 6.45) is 3.22. The van der Waals surface area contributed by atoms with Crippen molar-refractivity contribution in [3.05, 3.63) is 30.3 Å². The predicted octanol–water partition coefficient (Wildman–Crippen LogP) is 1.51. The maximum absolute atomic E-state index is 9.53. The lowest BCUT2D eigenvalue weighted by atomic mass is 9.80. The SMILES string of the molecule is CCCCCOOB(O)c1ccccc1. The van der Waals surface area contributed by atoms with Gasteiger partial charge in [-0.25, -0.2) is 4.89 Å². The molecule has 0 spiro atoms. The fourth-order valence-electron chi connectivity index (χ4n) is 1.20. The number of hydrogen-bond donors (Lipinski definition) is 1. The standard InChI is InChI=1S/C11H17BO3/c1-2-3-7-10-14-15-12(13)11-8-5-4-6-9-11/h4-6,8-9,13H,2-3,7,10H2,1H3. The Morgan fingerprint density at radius 3 is 2.60 bits per heavy atom. The molecule has 0 amide bonds. The van der Waals surface area contributed by atoms with Crippen LogP contribution in [0.5, 0.6) is 0 Å². The maximum Gasteiger partial charge on any atom is 0.523 e. The van der Waals surface area contributed by atoms with Crippen molar-refractivity contribution < 1.29 is 14.7 Å². The molecule has 3 nitrogen and oxygen atoms in total. The average molecular weight is 208 g/mol. The third-order valence-corrected chi connectivity index (χ3v) is 2.08. The van der Waals surface area contributed by atoms with Gasteiger partial charge in [-0.3, -0.25) is 4.81 Å². The molecule has 4 heteroatoms. The van der Waals surface area contributed by atoms with Crippen LogP contribution in [0.3, 0.4) is 0 Å². The number of rotatable bonds is 7. The molecule has 0 aliphatic rings. The summed E-state index contributed by atoms with van der Waals surface area (Å²) in [6, 6.07) is 9.16. The van der Waals surface area contributed by atoms with E-state index in [-0.39, 0.29) is 0 Å². The van der Waals surface area contributed by atoms with E-state index in [0.29, 0.717) is 12.1 Å². The summed E-state index contributed by atoms with van der Waals surface area (Å²) in [7, 11) is -0.993. The Morgan fingerprint density at radius 2 is 1.93 bits per heavy atom. The Labute approximate surface area is 91.1 Å². The first-order chi connectivity index (χ1) is 7.34. The molecule has 15 heavy (non-hydrogen) atoms. The molecule has 0 heterocycles. The smallest absolute Gasteiger partial charge is 0.422 e. The fraction of sp³-hybridized carbons (Fsp3) is 0.455. The molecule has 0 radical (unpaired) electrons. The third-order valence-electron chi connectivity index (χ3n) is 2.08. The van der Waals surface area contributed by atoms with Gasteiger partial charge in [-0.15, -0.1) is 0 Å². The summed E-state index contributed by atoms with van der Waals surface area (Å²) in [5.41, 5.74) is 0.702. The summed E-state index contributed by atoms with van der Waals surface area (Å²) in [5.74, 6) is 0. The second kappa shape index (κ2) is 7.46. The van der Waals surface area contributed by atoms with Crippen molar-refractivity contribution in [2.45, 2.75) is 26.2 Å². The Bertz CT molecular complexity index is 253. The van der Waals surface area contributed by atoms with Gasteiger partial charge in [-0.1, -0.05) is 50.1 Å². The maximum atomic E-state index is 9.53. The molecular weight excluding hydrogens is 191 g/mol. The van der Waals surface area contributed by atoms with E-state index < -0.39 is 7.12 Å². The summed E-state index contributed by atoms with van der Waals surface area (Å²) >= 11 is 0. The van der Waals surface area contributed by atoms with E-state index in [9.17, 15) is 5.02 Å². The highest BCUT2D eigenvalue weighted by molar-refractivity contribution is 6.59. The zero-order chi connectivity index (χ0) is 10.9. The highest BCUT2D eigenvalue weighted by atomic mass is 17.2. The average Bonchev–Trinajstić information content (AvgIpc) is 2.30. The molecule has 1 N–H and O–H groups in total. The van der Waals surface area contributed by atoms with Crippen LogP contribution in [-0.2, 0) is 9.69 Å². The molecule has 1 aromatic rings. The van der Waals surface area contributed by atoms with Crippen LogP contribution in [0.25, 0.3) is 0 Å². The van der Waals surface area contributed by atoms with Crippen molar-refractivity contribution in [3.8, 4) is 0 Å². The van der Waals surface area contributed by atoms with Crippen LogP contribution in [0.2, 0.25) is 0 Å². The molecule has 0 bridgehead atoms. The van der Waals surface area contributed by atoms with Crippen molar-refractivity contribution >= 4 is 12.6 Å². The topological polar surface area (TPSA) is 38.7 Å². The van der Waals surface area contributed by atoms with Crippen molar-refractivity contribution in [3.63, 3.8) is 0 Å². The molecule has 0 aliphatic heterocycles. The lowest BCUT2D eigenvalue weighted by molar-refractivity contribution is -0.221. The van der Waals surface area contributed by atoms with E-state index in [2.05, 4.69) is 6.92 Å². The van der Waals surface area contributed by atoms with Crippen LogP contribution in [0.4, 0.5) is 0 Å². The van der Waals surface area contributed by atoms with Crippen LogP contribution < -0.4 is 5.46 Å². The second-order valence-corrected chi connectivity index (χ2v) is 3.39. The molecular formula is C11H17BO3. The minimum atomic E-state index is -0.993. The summed E-state index contributed by atoms with van der Waals surface area (Å²) in [6.45, 7) is 2.65. The van der Waals surface area contributed by atoms with Crippen molar-refractivity contribution in [1.29, 1.82) is 0 Å². The summed E-state index contributed by atoms with van der Waals surface area (Å²) in [5, 5.41) is 9.53. The molecule has 0 fully saturated rings. The van der Waals surface area contributed by atoms with Gasteiger partial charge >= 0.3 is 7.12 Å². The minimum absolute atomic E-state index is 0.526. The molecule has 1 rings (SSSR count). The Morgan fingerprint density at radius 1 is 1.20 bits per heavy atom. The van der Waals surface area contributed by atoms with Gasteiger partial charge in [-0.2, -0.15) is 0 Å². The Balaban J connectivity index is 2.16. The molecule has 0 saturated carbocycles. The van der Waals surface area contributed by atoms with Gasteiger partial charge in [-0.05, 0) is 11.9 Å². The normalized spacial score (nSPS) is 10.3. The Hall–Kier alpha value is -0.835. The molecule has 0 saturated heterocycles. The van der Waals surface area contributed by atoms with E-state index in [1.54, 1.807) is 12.1 Å². The van der Waals surface area contributed by atoms with Crippen molar-refractivity contribution in [2.75, 3.05) is 6.61 Å². The van der Waals surface area contributed by atoms with Crippen LogP contribution >= 0.6 is 0 Å². The quantitative estimate of drug-likeness (QED) is 0.319. The van der Waals surface area contributed by atoms with E-state index in [1.165, 1.54) is 0 Å². The summed E-state index contributed by atoms with van der Waals surface area (Å²) < 4.78 is 0. The zero-order valence-electron chi connectivity index (χ0n) is 9.06. The number of unbranched alkanes of at least 4 members (excludes halogenated alkanes) is 2. The largest absolute Gasteiger partial charge is 0.523 e. The van der Waals surface area contributed by atoms with Gasteiger partial charge in [0.05, 0.1) is 6.61 Å². The molecule has 82 valence electrons. The highest BCUT2D eigenvalue weighted by Gasteiger charge is 2.16. The van der Waals surface area contributed by atoms with E-state index >= 15 is 0 Å². The minimum Gasteiger partial charge on any atom is -0.422 e. The van der Waals surface area contributed by atoms with Crippen molar-refractivity contribution in [2.24, 2.45) is 0 Å². The predicted molar refractivity (Wildman–Crippen MR) is 60.6 cm³/mol. The van der Waals surface area contributed by atoms with E-state index in [1.807, 2.05) is 18.2 Å². The first-order valence-electron chi connectivity index (χ1n) is 5.36. The first kappa shape index (κ1) is 12.2. The van der Waals surface area contributed by atoms with Gasteiger partial charge in [0.25, 0.3) is 0 Å². The molecule has 0 unspecified atom stereocenters. The lowest BCUT2D eigenvalue weighted by Gasteiger charge is -2.07. The van der Waals surface area contributed by atoms with Gasteiger partial charge < -0.3 is 5.02 Å². The molecule has 0 aromatic heterocycles. The fourth-order valence-corrected chi connectivity index (χ4v) is 1.20. The van der Waals surface area contributed by atoms with Crippen molar-refractivity contribution in [1.82, 2.24) is 0 Å². The van der Waals surface area contributed by atoms with Gasteiger partial charge in [0.1, 0.15) is 0 Å². The number of hydrogen-bond acceptors (Lipinski definition) is 3. The zero-order valence-corrected chi connectivity index (χ0v) is 9.06. The van der Waals surface area contributed by atoms with E-state index in [4.69, 9.17) is 9.69 Å². The molecule has 0 atom stereocenters. The first-order valence-corrected chi connectivity index (χ1v) is 5.36. The van der Waals surface area contributed by atoms with Gasteiger partial charge in [0.2, 0.25) is 0 Å². The highest BCUT2D eigenvalue weighted by Crippen LogP contribution is 1.95. The van der Waals surface area contributed by atoms with Gasteiger partial charge in [0.15, 0.2) is 0 Å².